The molecule has 0 radical (unpaired) electrons. The molecular weight excluding hydrogens is 368 g/mol. The Morgan fingerprint density at radius 2 is 1.56 bits per heavy atom. The first-order valence-corrected chi connectivity index (χ1v) is 10.9. The van der Waals surface area contributed by atoms with Gasteiger partial charge in [0.05, 0.1) is 5.25 Å². The standard InChI is InChI=1S/C24H14OS2/c1-3-10-19-13(6-1)17-12-18-21-15(23(17)26-19)8-5-9-16(21)24-22(25-18)14-7-2-4-11-20(14)27-24/h1-12,22,24H. The quantitative estimate of drug-likeness (QED) is 0.274. The Bertz CT molecular complexity index is 1400. The molecule has 3 heterocycles. The molecule has 7 rings (SSSR count). The third-order valence-electron chi connectivity index (χ3n) is 5.81. The summed E-state index contributed by atoms with van der Waals surface area (Å²) >= 11 is 3.84. The van der Waals surface area contributed by atoms with E-state index in [2.05, 4.69) is 72.8 Å². The van der Waals surface area contributed by atoms with Crippen LogP contribution in [0.5, 0.6) is 5.75 Å². The summed E-state index contributed by atoms with van der Waals surface area (Å²) in [5.41, 5.74) is 2.74. The summed E-state index contributed by atoms with van der Waals surface area (Å²) in [6.07, 6.45) is 0.103. The van der Waals surface area contributed by atoms with Gasteiger partial charge in [0.2, 0.25) is 0 Å². The van der Waals surface area contributed by atoms with Crippen LogP contribution in [0.1, 0.15) is 22.5 Å². The number of benzene rings is 4. The topological polar surface area (TPSA) is 9.23 Å². The maximum absolute atomic E-state index is 6.66. The summed E-state index contributed by atoms with van der Waals surface area (Å²) in [6.45, 7) is 0. The highest BCUT2D eigenvalue weighted by molar-refractivity contribution is 8.00. The first kappa shape index (κ1) is 14.6. The second kappa shape index (κ2) is 5.06. The largest absolute Gasteiger partial charge is 0.483 e. The minimum Gasteiger partial charge on any atom is -0.483 e. The van der Waals surface area contributed by atoms with Crippen LogP contribution in [0, 0.1) is 0 Å². The van der Waals surface area contributed by atoms with Crippen molar-refractivity contribution in [2.75, 3.05) is 0 Å². The average Bonchev–Trinajstić information content (AvgIpc) is 3.27. The molecule has 0 amide bonds. The number of fused-ring (bicyclic) bond motifs is 8. The Labute approximate surface area is 164 Å². The van der Waals surface area contributed by atoms with Gasteiger partial charge in [0.15, 0.2) is 0 Å². The molecule has 2 atom stereocenters. The highest BCUT2D eigenvalue weighted by Crippen LogP contribution is 2.60. The molecule has 2 aliphatic heterocycles. The molecular formula is C24H14OS2. The van der Waals surface area contributed by atoms with E-state index in [0.717, 1.165) is 5.75 Å². The second-order valence-corrected chi connectivity index (χ2v) is 9.47. The van der Waals surface area contributed by atoms with Gasteiger partial charge in [-0.3, -0.25) is 0 Å². The molecule has 0 spiro atoms. The lowest BCUT2D eigenvalue weighted by Crippen LogP contribution is -2.16. The van der Waals surface area contributed by atoms with Crippen molar-refractivity contribution in [1.82, 2.24) is 0 Å². The summed E-state index contributed by atoms with van der Waals surface area (Å²) in [6, 6.07) is 26.4. The Balaban J connectivity index is 1.59. The smallest absolute Gasteiger partial charge is 0.141 e. The highest BCUT2D eigenvalue weighted by Gasteiger charge is 2.40. The zero-order valence-electron chi connectivity index (χ0n) is 14.3. The molecule has 2 unspecified atom stereocenters. The number of thioether (sulfide) groups is 1. The van der Waals surface area contributed by atoms with Gasteiger partial charge in [-0.1, -0.05) is 54.6 Å². The van der Waals surface area contributed by atoms with Crippen molar-refractivity contribution in [3.63, 3.8) is 0 Å². The van der Waals surface area contributed by atoms with Crippen LogP contribution in [0.4, 0.5) is 0 Å². The van der Waals surface area contributed by atoms with Gasteiger partial charge in [0.25, 0.3) is 0 Å². The van der Waals surface area contributed by atoms with Crippen molar-refractivity contribution < 1.29 is 4.74 Å². The Hall–Kier alpha value is -2.49. The maximum Gasteiger partial charge on any atom is 0.141 e. The molecule has 0 saturated carbocycles. The van der Waals surface area contributed by atoms with Crippen molar-refractivity contribution in [1.29, 1.82) is 0 Å². The van der Waals surface area contributed by atoms with Gasteiger partial charge in [0, 0.05) is 41.4 Å². The van der Waals surface area contributed by atoms with Gasteiger partial charge >= 0.3 is 0 Å². The molecule has 4 aromatic carbocycles. The van der Waals surface area contributed by atoms with E-state index in [9.17, 15) is 0 Å². The lowest BCUT2D eigenvalue weighted by atomic mass is 9.92. The maximum atomic E-state index is 6.66. The summed E-state index contributed by atoms with van der Waals surface area (Å²) in [4.78, 5) is 1.35. The molecule has 3 heteroatoms. The van der Waals surface area contributed by atoms with E-state index < -0.39 is 0 Å². The zero-order chi connectivity index (χ0) is 17.5. The molecule has 1 nitrogen and oxygen atoms in total. The fraction of sp³-hybridized carbons (Fsp3) is 0.0833. The summed E-state index contributed by atoms with van der Waals surface area (Å²) in [5, 5.41) is 5.61. The van der Waals surface area contributed by atoms with Crippen molar-refractivity contribution >= 4 is 54.0 Å². The number of hydrogen-bond donors (Lipinski definition) is 0. The normalized spacial score (nSPS) is 20.0. The first-order chi connectivity index (χ1) is 13.4. The van der Waals surface area contributed by atoms with Gasteiger partial charge in [-0.25, -0.2) is 0 Å². The van der Waals surface area contributed by atoms with E-state index in [4.69, 9.17) is 4.74 Å². The highest BCUT2D eigenvalue weighted by atomic mass is 32.2. The third-order valence-corrected chi connectivity index (χ3v) is 8.41. The van der Waals surface area contributed by atoms with Gasteiger partial charge < -0.3 is 4.74 Å². The summed E-state index contributed by atoms with van der Waals surface area (Å²) in [7, 11) is 0. The van der Waals surface area contributed by atoms with Crippen LogP contribution >= 0.6 is 23.1 Å². The van der Waals surface area contributed by atoms with Crippen molar-refractivity contribution in [3.8, 4) is 5.75 Å². The molecule has 0 N–H and O–H groups in total. The van der Waals surface area contributed by atoms with Gasteiger partial charge in [-0.15, -0.1) is 23.1 Å². The van der Waals surface area contributed by atoms with Crippen molar-refractivity contribution in [2.45, 2.75) is 16.2 Å². The molecule has 0 fully saturated rings. The van der Waals surface area contributed by atoms with E-state index >= 15 is 0 Å². The summed E-state index contributed by atoms with van der Waals surface area (Å²) < 4.78 is 9.38. The van der Waals surface area contributed by atoms with Crippen LogP contribution in [-0.4, -0.2) is 0 Å². The van der Waals surface area contributed by atoms with Crippen LogP contribution in [0.25, 0.3) is 30.9 Å². The molecule has 2 aliphatic rings. The lowest BCUT2D eigenvalue weighted by molar-refractivity contribution is 0.201. The Morgan fingerprint density at radius 1 is 0.741 bits per heavy atom. The number of ether oxygens (including phenoxy) is 1. The molecule has 0 aliphatic carbocycles. The van der Waals surface area contributed by atoms with Gasteiger partial charge in [0.1, 0.15) is 11.9 Å². The predicted molar refractivity (Wildman–Crippen MR) is 115 cm³/mol. The van der Waals surface area contributed by atoms with E-state index in [1.165, 1.54) is 47.0 Å². The van der Waals surface area contributed by atoms with Gasteiger partial charge in [-0.05, 0) is 23.8 Å². The van der Waals surface area contributed by atoms with E-state index in [1.54, 1.807) is 0 Å². The van der Waals surface area contributed by atoms with Crippen molar-refractivity contribution in [3.05, 3.63) is 83.9 Å². The molecule has 5 aromatic rings. The second-order valence-electron chi connectivity index (χ2n) is 7.23. The van der Waals surface area contributed by atoms with Crippen LogP contribution in [0.15, 0.2) is 77.7 Å². The van der Waals surface area contributed by atoms with Gasteiger partial charge in [-0.2, -0.15) is 0 Å². The average molecular weight is 383 g/mol. The van der Waals surface area contributed by atoms with E-state index in [0.29, 0.717) is 5.25 Å². The number of rotatable bonds is 0. The number of thiophene rings is 1. The van der Waals surface area contributed by atoms with Crippen LogP contribution < -0.4 is 4.74 Å². The Morgan fingerprint density at radius 3 is 2.56 bits per heavy atom. The molecule has 27 heavy (non-hydrogen) atoms. The van der Waals surface area contributed by atoms with Crippen LogP contribution in [0.2, 0.25) is 0 Å². The van der Waals surface area contributed by atoms with Crippen LogP contribution in [0.3, 0.4) is 0 Å². The lowest BCUT2D eigenvalue weighted by Gasteiger charge is -2.29. The predicted octanol–water partition coefficient (Wildman–Crippen LogP) is 7.49. The van der Waals surface area contributed by atoms with Crippen molar-refractivity contribution in [2.24, 2.45) is 0 Å². The van der Waals surface area contributed by atoms with E-state index in [1.807, 2.05) is 23.1 Å². The monoisotopic (exact) mass is 382 g/mol. The minimum absolute atomic E-state index is 0.103. The molecule has 0 bridgehead atoms. The molecule has 128 valence electrons. The zero-order valence-corrected chi connectivity index (χ0v) is 15.9. The van der Waals surface area contributed by atoms with E-state index in [-0.39, 0.29) is 6.10 Å². The SMILES string of the molecule is c1ccc2c(c1)SC1c3cccc4c3c(cc3c5ccccc5sc43)OC21. The fourth-order valence-electron chi connectivity index (χ4n) is 4.65. The molecule has 1 aromatic heterocycles. The minimum atomic E-state index is 0.103. The summed E-state index contributed by atoms with van der Waals surface area (Å²) in [5.74, 6) is 1.04. The first-order valence-electron chi connectivity index (χ1n) is 9.17. The Kier molecular flexibility index (Phi) is 2.73. The fourth-order valence-corrected chi connectivity index (χ4v) is 7.26. The van der Waals surface area contributed by atoms with Crippen LogP contribution in [-0.2, 0) is 0 Å². The number of hydrogen-bond acceptors (Lipinski definition) is 3. The molecule has 0 saturated heterocycles. The third kappa shape index (κ3) is 1.81.